The van der Waals surface area contributed by atoms with E-state index < -0.39 is 24.8 Å². The van der Waals surface area contributed by atoms with Crippen LogP contribution in [0.1, 0.15) is 16.1 Å². The molecule has 0 aromatic carbocycles. The molecule has 1 rings (SSSR count). The van der Waals surface area contributed by atoms with Crippen LogP contribution in [0.5, 0.6) is 0 Å². The first kappa shape index (κ1) is 15.2. The van der Waals surface area contributed by atoms with Crippen LogP contribution in [0.25, 0.3) is 0 Å². The zero-order valence-corrected chi connectivity index (χ0v) is 10.3. The number of aromatic nitrogens is 1. The molecule has 19 heavy (non-hydrogen) atoms. The molecule has 106 valence electrons. The average Bonchev–Trinajstić information content (AvgIpc) is 2.34. The van der Waals surface area contributed by atoms with Crippen molar-refractivity contribution in [2.75, 3.05) is 18.9 Å². The lowest BCUT2D eigenvalue weighted by Gasteiger charge is -2.16. The molecule has 1 aromatic heterocycles. The first-order valence-corrected chi connectivity index (χ1v) is 5.37. The number of amides is 1. The molecule has 0 radical (unpaired) electrons. The summed E-state index contributed by atoms with van der Waals surface area (Å²) >= 11 is 0. The van der Waals surface area contributed by atoms with Gasteiger partial charge in [0.05, 0.1) is 6.54 Å². The molecule has 0 unspecified atom stereocenters. The van der Waals surface area contributed by atoms with E-state index >= 15 is 0 Å². The SMILES string of the molecule is CNc1cc(C(=O)NCC(F)(F)C(F)F)cc(C)n1. The molecule has 0 atom stereocenters. The van der Waals surface area contributed by atoms with Gasteiger partial charge in [0, 0.05) is 18.3 Å². The van der Waals surface area contributed by atoms with Crippen molar-refractivity contribution in [2.24, 2.45) is 0 Å². The van der Waals surface area contributed by atoms with Crippen LogP contribution < -0.4 is 10.6 Å². The minimum Gasteiger partial charge on any atom is -0.373 e. The van der Waals surface area contributed by atoms with E-state index in [0.29, 0.717) is 11.5 Å². The molecule has 0 aliphatic heterocycles. The Bertz CT molecular complexity index is 465. The highest BCUT2D eigenvalue weighted by molar-refractivity contribution is 5.95. The van der Waals surface area contributed by atoms with E-state index in [4.69, 9.17) is 0 Å². The van der Waals surface area contributed by atoms with Crippen LogP contribution in [-0.4, -0.2) is 36.8 Å². The number of anilines is 1. The molecule has 0 spiro atoms. The fourth-order valence-corrected chi connectivity index (χ4v) is 1.31. The fraction of sp³-hybridized carbons (Fsp3) is 0.455. The van der Waals surface area contributed by atoms with Crippen molar-refractivity contribution >= 4 is 11.7 Å². The van der Waals surface area contributed by atoms with Crippen LogP contribution in [-0.2, 0) is 0 Å². The maximum absolute atomic E-state index is 12.7. The maximum atomic E-state index is 12.7. The molecule has 0 fully saturated rings. The van der Waals surface area contributed by atoms with Gasteiger partial charge in [-0.05, 0) is 19.1 Å². The molecule has 8 heteroatoms. The van der Waals surface area contributed by atoms with E-state index in [1.807, 2.05) is 0 Å². The highest BCUT2D eigenvalue weighted by atomic mass is 19.3. The Balaban J connectivity index is 2.76. The third-order valence-corrected chi connectivity index (χ3v) is 2.28. The van der Waals surface area contributed by atoms with Gasteiger partial charge >= 0.3 is 12.3 Å². The van der Waals surface area contributed by atoms with Crippen molar-refractivity contribution in [3.05, 3.63) is 23.4 Å². The topological polar surface area (TPSA) is 54.0 Å². The summed E-state index contributed by atoms with van der Waals surface area (Å²) in [7, 11) is 1.58. The van der Waals surface area contributed by atoms with Gasteiger partial charge in [0.2, 0.25) is 0 Å². The third kappa shape index (κ3) is 4.08. The molecule has 4 nitrogen and oxygen atoms in total. The number of nitrogens with one attached hydrogen (secondary N) is 2. The Morgan fingerprint density at radius 2 is 2.05 bits per heavy atom. The van der Waals surface area contributed by atoms with Crippen molar-refractivity contribution in [3.8, 4) is 0 Å². The number of carbonyl (C=O) groups excluding carboxylic acids is 1. The zero-order chi connectivity index (χ0) is 14.6. The van der Waals surface area contributed by atoms with Crippen molar-refractivity contribution in [3.63, 3.8) is 0 Å². The fourth-order valence-electron chi connectivity index (χ4n) is 1.31. The van der Waals surface area contributed by atoms with E-state index in [2.05, 4.69) is 10.3 Å². The zero-order valence-electron chi connectivity index (χ0n) is 10.3. The van der Waals surface area contributed by atoms with Crippen LogP contribution in [0, 0.1) is 6.92 Å². The molecule has 0 bridgehead atoms. The second kappa shape index (κ2) is 5.85. The Morgan fingerprint density at radius 3 is 2.58 bits per heavy atom. The van der Waals surface area contributed by atoms with Gasteiger partial charge < -0.3 is 10.6 Å². The second-order valence-corrected chi connectivity index (χ2v) is 3.88. The summed E-state index contributed by atoms with van der Waals surface area (Å²) in [5.41, 5.74) is 0.569. The Kier molecular flexibility index (Phi) is 4.68. The van der Waals surface area contributed by atoms with Gasteiger partial charge in [-0.1, -0.05) is 0 Å². The van der Waals surface area contributed by atoms with Crippen molar-refractivity contribution in [1.82, 2.24) is 10.3 Å². The molecule has 2 N–H and O–H groups in total. The molecule has 0 saturated carbocycles. The number of hydrogen-bond donors (Lipinski definition) is 2. The van der Waals surface area contributed by atoms with E-state index in [1.54, 1.807) is 19.3 Å². The number of pyridine rings is 1. The molecular weight excluding hydrogens is 266 g/mol. The summed E-state index contributed by atoms with van der Waals surface area (Å²) in [6, 6.07) is 2.71. The molecular formula is C11H13F4N3O. The third-order valence-electron chi connectivity index (χ3n) is 2.28. The number of hydrogen-bond acceptors (Lipinski definition) is 3. The highest BCUT2D eigenvalue weighted by Gasteiger charge is 2.40. The molecule has 0 aliphatic rings. The van der Waals surface area contributed by atoms with Gasteiger partial charge in [0.25, 0.3) is 5.91 Å². The molecule has 1 amide bonds. The van der Waals surface area contributed by atoms with Gasteiger partial charge in [-0.25, -0.2) is 13.8 Å². The van der Waals surface area contributed by atoms with Gasteiger partial charge in [-0.2, -0.15) is 8.78 Å². The van der Waals surface area contributed by atoms with E-state index in [9.17, 15) is 22.4 Å². The average molecular weight is 279 g/mol. The minimum absolute atomic E-state index is 0.0712. The lowest BCUT2D eigenvalue weighted by Crippen LogP contribution is -2.41. The lowest BCUT2D eigenvalue weighted by molar-refractivity contribution is -0.123. The predicted molar refractivity (Wildman–Crippen MR) is 61.8 cm³/mol. The number of nitrogens with zero attached hydrogens (tertiary/aromatic N) is 1. The van der Waals surface area contributed by atoms with Gasteiger partial charge in [-0.3, -0.25) is 4.79 Å². The van der Waals surface area contributed by atoms with Gasteiger partial charge in [-0.15, -0.1) is 0 Å². The first-order valence-electron chi connectivity index (χ1n) is 5.37. The van der Waals surface area contributed by atoms with E-state index in [1.165, 1.54) is 12.1 Å². The Labute approximate surface area is 107 Å². The molecule has 0 aliphatic carbocycles. The summed E-state index contributed by atoms with van der Waals surface area (Å²) < 4.78 is 49.2. The number of carbonyl (C=O) groups is 1. The second-order valence-electron chi connectivity index (χ2n) is 3.88. The van der Waals surface area contributed by atoms with Crippen LogP contribution in [0.15, 0.2) is 12.1 Å². The summed E-state index contributed by atoms with van der Waals surface area (Å²) in [5, 5.41) is 4.47. The summed E-state index contributed by atoms with van der Waals surface area (Å²) in [6.45, 7) is 0.200. The molecule has 1 heterocycles. The van der Waals surface area contributed by atoms with E-state index in [-0.39, 0.29) is 5.56 Å². The van der Waals surface area contributed by atoms with Gasteiger partial charge in [0.15, 0.2) is 0 Å². The minimum atomic E-state index is -4.25. The largest absolute Gasteiger partial charge is 0.373 e. The highest BCUT2D eigenvalue weighted by Crippen LogP contribution is 2.21. The van der Waals surface area contributed by atoms with Crippen molar-refractivity contribution < 1.29 is 22.4 Å². The molecule has 1 aromatic rings. The summed E-state index contributed by atoms with van der Waals surface area (Å²) in [5.74, 6) is -4.73. The van der Waals surface area contributed by atoms with Crippen LogP contribution in [0.4, 0.5) is 23.4 Å². The normalized spacial score (nSPS) is 11.5. The standard InChI is InChI=1S/C11H13F4N3O/c1-6-3-7(4-8(16-2)18-6)9(19)17-5-11(14,15)10(12)13/h3-4,10H,5H2,1-2H3,(H,16,18)(H,17,19). The first-order chi connectivity index (χ1) is 8.76. The maximum Gasteiger partial charge on any atom is 0.324 e. The Morgan fingerprint density at radius 1 is 1.42 bits per heavy atom. The quantitative estimate of drug-likeness (QED) is 0.811. The van der Waals surface area contributed by atoms with Gasteiger partial charge in [0.1, 0.15) is 5.82 Å². The van der Waals surface area contributed by atoms with Crippen LogP contribution in [0.2, 0.25) is 0 Å². The summed E-state index contributed by atoms with van der Waals surface area (Å²) in [6.07, 6.45) is -3.82. The smallest absolute Gasteiger partial charge is 0.324 e. The van der Waals surface area contributed by atoms with Crippen LogP contribution >= 0.6 is 0 Å². The number of aryl methyl sites for hydroxylation is 1. The van der Waals surface area contributed by atoms with Crippen LogP contribution in [0.3, 0.4) is 0 Å². The van der Waals surface area contributed by atoms with Crippen molar-refractivity contribution in [1.29, 1.82) is 0 Å². The predicted octanol–water partition coefficient (Wildman–Crippen LogP) is 2.06. The monoisotopic (exact) mass is 279 g/mol. The van der Waals surface area contributed by atoms with E-state index in [0.717, 1.165) is 0 Å². The lowest BCUT2D eigenvalue weighted by atomic mass is 10.2. The summed E-state index contributed by atoms with van der Waals surface area (Å²) in [4.78, 5) is 15.6. The molecule has 0 saturated heterocycles. The number of alkyl halides is 4. The number of rotatable bonds is 5. The Hall–Kier alpha value is -1.86. The number of halogens is 4. The van der Waals surface area contributed by atoms with Crippen molar-refractivity contribution in [2.45, 2.75) is 19.3 Å².